The highest BCUT2D eigenvalue weighted by molar-refractivity contribution is 7.98. The third-order valence-electron chi connectivity index (χ3n) is 5.19. The first-order valence-corrected chi connectivity index (χ1v) is 11.9. The first kappa shape index (κ1) is 23.6. The summed E-state index contributed by atoms with van der Waals surface area (Å²) >= 11 is 13.6. The van der Waals surface area contributed by atoms with Crippen LogP contribution in [0.15, 0.2) is 76.7 Å². The molecule has 5 nitrogen and oxygen atoms in total. The summed E-state index contributed by atoms with van der Waals surface area (Å²) in [6.45, 7) is 0. The van der Waals surface area contributed by atoms with Crippen molar-refractivity contribution in [1.82, 2.24) is 14.5 Å². The van der Waals surface area contributed by atoms with Crippen LogP contribution in [0, 0.1) is 0 Å². The number of H-pyrrole nitrogens is 1. The second-order valence-electron chi connectivity index (χ2n) is 7.50. The number of fused-ring (bicyclic) bond motifs is 3. The van der Waals surface area contributed by atoms with Gasteiger partial charge in [0.25, 0.3) is 5.56 Å². The number of nitrogens with zero attached hydrogens (tertiary/aromatic N) is 2. The predicted octanol–water partition coefficient (Wildman–Crippen LogP) is 7.36. The minimum Gasteiger partial charge on any atom is -0.406 e. The molecular formula is C24H14Cl2F3N3O2S. The van der Waals surface area contributed by atoms with Gasteiger partial charge in [0.05, 0.1) is 5.69 Å². The van der Waals surface area contributed by atoms with E-state index in [-0.39, 0.29) is 11.1 Å². The van der Waals surface area contributed by atoms with Gasteiger partial charge in [0.15, 0.2) is 5.16 Å². The van der Waals surface area contributed by atoms with Crippen molar-refractivity contribution < 1.29 is 17.9 Å². The molecule has 0 radical (unpaired) electrons. The Bertz CT molecular complexity index is 1620. The Labute approximate surface area is 210 Å². The summed E-state index contributed by atoms with van der Waals surface area (Å²) in [6.07, 6.45) is -4.82. The monoisotopic (exact) mass is 535 g/mol. The van der Waals surface area contributed by atoms with Crippen molar-refractivity contribution in [2.24, 2.45) is 0 Å². The molecule has 0 amide bonds. The Morgan fingerprint density at radius 3 is 2.49 bits per heavy atom. The van der Waals surface area contributed by atoms with Crippen LogP contribution in [-0.4, -0.2) is 20.9 Å². The summed E-state index contributed by atoms with van der Waals surface area (Å²) in [6, 6.07) is 17.6. The number of halogens is 5. The van der Waals surface area contributed by atoms with E-state index in [1.807, 2.05) is 24.3 Å². The number of para-hydroxylation sites is 1. The molecule has 178 valence electrons. The van der Waals surface area contributed by atoms with Crippen molar-refractivity contribution in [2.45, 2.75) is 17.3 Å². The van der Waals surface area contributed by atoms with Gasteiger partial charge in [0, 0.05) is 26.7 Å². The molecule has 0 aliphatic heterocycles. The van der Waals surface area contributed by atoms with E-state index in [0.29, 0.717) is 32.2 Å². The first-order chi connectivity index (χ1) is 16.7. The first-order valence-electron chi connectivity index (χ1n) is 10.2. The third kappa shape index (κ3) is 4.84. The number of thioether (sulfide) groups is 1. The molecule has 5 rings (SSSR count). The molecule has 35 heavy (non-hydrogen) atoms. The summed E-state index contributed by atoms with van der Waals surface area (Å²) < 4.78 is 43.0. The lowest BCUT2D eigenvalue weighted by molar-refractivity contribution is -0.274. The van der Waals surface area contributed by atoms with Crippen LogP contribution in [0.3, 0.4) is 0 Å². The van der Waals surface area contributed by atoms with Crippen LogP contribution in [0.2, 0.25) is 10.0 Å². The van der Waals surface area contributed by atoms with Gasteiger partial charge in [0.2, 0.25) is 0 Å². The molecule has 0 spiro atoms. The van der Waals surface area contributed by atoms with Crippen LogP contribution < -0.4 is 10.3 Å². The van der Waals surface area contributed by atoms with Gasteiger partial charge < -0.3 is 9.72 Å². The molecular weight excluding hydrogens is 522 g/mol. The van der Waals surface area contributed by atoms with Gasteiger partial charge >= 0.3 is 6.36 Å². The average Bonchev–Trinajstić information content (AvgIpc) is 3.17. The summed E-state index contributed by atoms with van der Waals surface area (Å²) in [4.78, 5) is 21.4. The fourth-order valence-electron chi connectivity index (χ4n) is 3.64. The lowest BCUT2D eigenvalue weighted by Gasteiger charge is -2.14. The zero-order valence-corrected chi connectivity index (χ0v) is 19.9. The van der Waals surface area contributed by atoms with E-state index in [1.165, 1.54) is 28.5 Å². The second-order valence-corrected chi connectivity index (χ2v) is 9.28. The molecule has 0 atom stereocenters. The number of aromatic nitrogens is 3. The van der Waals surface area contributed by atoms with Gasteiger partial charge in [-0.2, -0.15) is 0 Å². The molecule has 2 heterocycles. The molecule has 0 saturated carbocycles. The van der Waals surface area contributed by atoms with E-state index in [2.05, 4.69) is 9.72 Å². The van der Waals surface area contributed by atoms with Gasteiger partial charge in [-0.25, -0.2) is 4.98 Å². The Morgan fingerprint density at radius 2 is 1.77 bits per heavy atom. The van der Waals surface area contributed by atoms with E-state index in [4.69, 9.17) is 28.2 Å². The van der Waals surface area contributed by atoms with Crippen molar-refractivity contribution in [2.75, 3.05) is 0 Å². The SMILES string of the molecule is O=c1c2[nH]c3ccccc3c2nc(SCc2ccc(Cl)cc2Cl)n1-c1ccc(OC(F)(F)F)cc1. The predicted molar refractivity (Wildman–Crippen MR) is 132 cm³/mol. The number of aromatic amines is 1. The standard InChI is InChI=1S/C24H14Cl2F3N3O2S/c25-14-6-5-13(18(26)11-14)12-35-23-31-20-17-3-1-2-4-19(17)30-21(20)22(33)32(23)15-7-9-16(10-8-15)34-24(27,28)29/h1-11,30H,12H2. The van der Waals surface area contributed by atoms with E-state index < -0.39 is 12.1 Å². The Kier molecular flexibility index (Phi) is 6.16. The largest absolute Gasteiger partial charge is 0.573 e. The second kappa shape index (κ2) is 9.14. The van der Waals surface area contributed by atoms with Crippen LogP contribution >= 0.6 is 35.0 Å². The lowest BCUT2D eigenvalue weighted by Crippen LogP contribution is -2.22. The van der Waals surface area contributed by atoms with E-state index >= 15 is 0 Å². The van der Waals surface area contributed by atoms with Crippen molar-refractivity contribution in [3.05, 3.63) is 92.7 Å². The quantitative estimate of drug-likeness (QED) is 0.188. The molecule has 11 heteroatoms. The minimum absolute atomic E-state index is 0.288. The smallest absolute Gasteiger partial charge is 0.406 e. The van der Waals surface area contributed by atoms with Crippen molar-refractivity contribution in [3.8, 4) is 11.4 Å². The van der Waals surface area contributed by atoms with Gasteiger partial charge in [-0.05, 0) is 48.0 Å². The number of alkyl halides is 3. The summed E-state index contributed by atoms with van der Waals surface area (Å²) in [5.41, 5.74) is 2.27. The van der Waals surface area contributed by atoms with Crippen LogP contribution in [0.25, 0.3) is 27.6 Å². The highest BCUT2D eigenvalue weighted by Crippen LogP contribution is 2.31. The zero-order chi connectivity index (χ0) is 24.7. The molecule has 0 unspecified atom stereocenters. The normalized spacial score (nSPS) is 11.9. The molecule has 3 aromatic carbocycles. The Balaban J connectivity index is 1.63. The maximum absolute atomic E-state index is 13.6. The van der Waals surface area contributed by atoms with Crippen molar-refractivity contribution >= 4 is 56.9 Å². The van der Waals surface area contributed by atoms with Crippen LogP contribution in [0.4, 0.5) is 13.2 Å². The van der Waals surface area contributed by atoms with Gasteiger partial charge in [-0.3, -0.25) is 9.36 Å². The topological polar surface area (TPSA) is 59.9 Å². The summed E-state index contributed by atoms with van der Waals surface area (Å²) in [5.74, 6) is -0.0120. The Morgan fingerprint density at radius 1 is 1.03 bits per heavy atom. The zero-order valence-electron chi connectivity index (χ0n) is 17.6. The average molecular weight is 536 g/mol. The van der Waals surface area contributed by atoms with Gasteiger partial charge in [-0.1, -0.05) is 59.2 Å². The molecule has 0 aliphatic rings. The summed E-state index contributed by atoms with van der Waals surface area (Å²) in [7, 11) is 0. The highest BCUT2D eigenvalue weighted by atomic mass is 35.5. The maximum Gasteiger partial charge on any atom is 0.573 e. The summed E-state index contributed by atoms with van der Waals surface area (Å²) in [5, 5.41) is 2.11. The molecule has 5 aromatic rings. The van der Waals surface area contributed by atoms with Crippen LogP contribution in [0.1, 0.15) is 5.56 Å². The Hall–Kier alpha value is -3.14. The molecule has 0 bridgehead atoms. The number of hydrogen-bond donors (Lipinski definition) is 1. The number of nitrogens with one attached hydrogen (secondary N) is 1. The van der Waals surface area contributed by atoms with Crippen molar-refractivity contribution in [3.63, 3.8) is 0 Å². The maximum atomic E-state index is 13.6. The molecule has 0 saturated heterocycles. The van der Waals surface area contributed by atoms with Crippen molar-refractivity contribution in [1.29, 1.82) is 0 Å². The minimum atomic E-state index is -4.82. The fraction of sp³-hybridized carbons (Fsp3) is 0.0833. The fourth-order valence-corrected chi connectivity index (χ4v) is 5.21. The van der Waals surface area contributed by atoms with Gasteiger partial charge in [0.1, 0.15) is 16.8 Å². The van der Waals surface area contributed by atoms with E-state index in [9.17, 15) is 18.0 Å². The molecule has 0 aliphatic carbocycles. The molecule has 1 N–H and O–H groups in total. The van der Waals surface area contributed by atoms with E-state index in [0.717, 1.165) is 28.6 Å². The van der Waals surface area contributed by atoms with Crippen LogP contribution in [-0.2, 0) is 5.75 Å². The molecule has 0 fully saturated rings. The number of ether oxygens (including phenoxy) is 1. The number of hydrogen-bond acceptors (Lipinski definition) is 4. The number of rotatable bonds is 5. The third-order valence-corrected chi connectivity index (χ3v) is 6.77. The molecule has 2 aromatic heterocycles. The number of benzene rings is 3. The lowest BCUT2D eigenvalue weighted by atomic mass is 10.2. The van der Waals surface area contributed by atoms with E-state index in [1.54, 1.807) is 18.2 Å². The van der Waals surface area contributed by atoms with Gasteiger partial charge in [-0.15, -0.1) is 13.2 Å². The van der Waals surface area contributed by atoms with Crippen LogP contribution in [0.5, 0.6) is 5.75 Å². The highest BCUT2D eigenvalue weighted by Gasteiger charge is 2.31.